The van der Waals surface area contributed by atoms with Gasteiger partial charge < -0.3 is 15.4 Å². The topological polar surface area (TPSA) is 94.5 Å². The molecule has 28 heavy (non-hydrogen) atoms. The molecule has 1 aromatic carbocycles. The van der Waals surface area contributed by atoms with E-state index in [0.717, 1.165) is 35.1 Å². The Morgan fingerprint density at radius 2 is 2.14 bits per heavy atom. The van der Waals surface area contributed by atoms with Gasteiger partial charge in [-0.05, 0) is 31.0 Å². The highest BCUT2D eigenvalue weighted by molar-refractivity contribution is 9.10. The van der Waals surface area contributed by atoms with E-state index in [1.54, 1.807) is 11.6 Å². The van der Waals surface area contributed by atoms with Crippen molar-refractivity contribution >= 4 is 44.2 Å². The number of pyridine rings is 1. The molecule has 0 saturated heterocycles. The highest BCUT2D eigenvalue weighted by Gasteiger charge is 2.22. The Morgan fingerprint density at radius 3 is 3.00 bits per heavy atom. The van der Waals surface area contributed by atoms with Gasteiger partial charge in [0.25, 0.3) is 0 Å². The minimum atomic E-state index is 0.283. The summed E-state index contributed by atoms with van der Waals surface area (Å²) in [6, 6.07) is 7.71. The summed E-state index contributed by atoms with van der Waals surface area (Å²) in [5, 5.41) is 5.46. The zero-order valence-electron chi connectivity index (χ0n) is 15.3. The maximum atomic E-state index is 6.15. The molecule has 5 rings (SSSR count). The van der Waals surface area contributed by atoms with Crippen molar-refractivity contribution < 1.29 is 4.74 Å². The van der Waals surface area contributed by atoms with Crippen molar-refractivity contribution in [2.45, 2.75) is 19.4 Å². The normalized spacial score (nSPS) is 13.9. The monoisotopic (exact) mass is 439 g/mol. The van der Waals surface area contributed by atoms with Crippen LogP contribution < -0.4 is 15.4 Å². The van der Waals surface area contributed by atoms with Crippen LogP contribution in [0.3, 0.4) is 0 Å². The third-order valence-electron chi connectivity index (χ3n) is 5.02. The SMILES string of the molecule is COc1cccc2c1nc(N)n1nc(CN3CCCc4c(Br)ccnc43)nc21. The predicted octanol–water partition coefficient (Wildman–Crippen LogP) is 2.98. The first-order chi connectivity index (χ1) is 13.7. The average molecular weight is 440 g/mol. The Morgan fingerprint density at radius 1 is 1.25 bits per heavy atom. The van der Waals surface area contributed by atoms with E-state index in [4.69, 9.17) is 15.5 Å². The van der Waals surface area contributed by atoms with E-state index in [-0.39, 0.29) is 5.95 Å². The van der Waals surface area contributed by atoms with Crippen molar-refractivity contribution in [2.24, 2.45) is 0 Å². The van der Waals surface area contributed by atoms with Crippen LogP contribution in [0, 0.1) is 0 Å². The standard InChI is InChI=1S/C19H18BrN7O/c1-28-14-6-2-4-12-16(14)24-19(21)27-18(12)23-15(25-27)10-26-9-3-5-11-13(20)7-8-22-17(11)26/h2,4,6-8H,3,5,9-10H2,1H3,(H2,21,24). The minimum absolute atomic E-state index is 0.283. The van der Waals surface area contributed by atoms with E-state index >= 15 is 0 Å². The van der Waals surface area contributed by atoms with E-state index in [9.17, 15) is 0 Å². The number of aromatic nitrogens is 5. The predicted molar refractivity (Wildman–Crippen MR) is 111 cm³/mol. The van der Waals surface area contributed by atoms with E-state index < -0.39 is 0 Å². The quantitative estimate of drug-likeness (QED) is 0.524. The van der Waals surface area contributed by atoms with Gasteiger partial charge in [-0.2, -0.15) is 4.52 Å². The molecule has 142 valence electrons. The van der Waals surface area contributed by atoms with Crippen LogP contribution in [0.4, 0.5) is 11.8 Å². The van der Waals surface area contributed by atoms with Crippen LogP contribution in [-0.2, 0) is 13.0 Å². The summed E-state index contributed by atoms with van der Waals surface area (Å²) in [5.41, 5.74) is 8.74. The number of nitrogens with zero attached hydrogens (tertiary/aromatic N) is 6. The van der Waals surface area contributed by atoms with E-state index in [2.05, 4.69) is 35.9 Å². The number of ether oxygens (including phenoxy) is 1. The second-order valence-corrected chi connectivity index (χ2v) is 7.56. The van der Waals surface area contributed by atoms with Crippen LogP contribution in [0.5, 0.6) is 5.75 Å². The Kier molecular flexibility index (Phi) is 4.04. The van der Waals surface area contributed by atoms with Gasteiger partial charge in [-0.15, -0.1) is 5.10 Å². The number of halogens is 1. The zero-order valence-corrected chi connectivity index (χ0v) is 16.8. The fourth-order valence-electron chi connectivity index (χ4n) is 3.74. The summed E-state index contributed by atoms with van der Waals surface area (Å²) in [5.74, 6) is 2.61. The Bertz CT molecular complexity index is 1210. The molecule has 0 fully saturated rings. The number of benzene rings is 1. The largest absolute Gasteiger partial charge is 0.494 e. The summed E-state index contributed by atoms with van der Waals surface area (Å²) in [4.78, 5) is 16.0. The van der Waals surface area contributed by atoms with E-state index in [1.807, 2.05) is 30.5 Å². The number of hydrogen-bond donors (Lipinski definition) is 1. The average Bonchev–Trinajstić information content (AvgIpc) is 3.13. The van der Waals surface area contributed by atoms with Gasteiger partial charge in [0.2, 0.25) is 5.95 Å². The molecule has 2 N–H and O–H groups in total. The molecule has 0 radical (unpaired) electrons. The van der Waals surface area contributed by atoms with Crippen molar-refractivity contribution in [3.8, 4) is 5.75 Å². The maximum absolute atomic E-state index is 6.15. The van der Waals surface area contributed by atoms with Gasteiger partial charge in [0.1, 0.15) is 17.1 Å². The molecule has 0 amide bonds. The number of rotatable bonds is 3. The molecule has 9 heteroatoms. The number of anilines is 2. The lowest BCUT2D eigenvalue weighted by Gasteiger charge is -2.29. The summed E-state index contributed by atoms with van der Waals surface area (Å²) >= 11 is 3.63. The van der Waals surface area contributed by atoms with Crippen molar-refractivity contribution in [1.29, 1.82) is 0 Å². The van der Waals surface area contributed by atoms with Crippen LogP contribution in [0.15, 0.2) is 34.9 Å². The van der Waals surface area contributed by atoms with Gasteiger partial charge in [0.15, 0.2) is 11.5 Å². The number of fused-ring (bicyclic) bond motifs is 4. The second kappa shape index (κ2) is 6.59. The fourth-order valence-corrected chi connectivity index (χ4v) is 4.23. The molecular weight excluding hydrogens is 422 g/mol. The van der Waals surface area contributed by atoms with Gasteiger partial charge >= 0.3 is 0 Å². The molecule has 0 unspecified atom stereocenters. The summed E-state index contributed by atoms with van der Waals surface area (Å²) < 4.78 is 8.10. The Labute approximate surface area is 169 Å². The van der Waals surface area contributed by atoms with Gasteiger partial charge in [-0.1, -0.05) is 22.0 Å². The third kappa shape index (κ3) is 2.65. The first-order valence-corrected chi connectivity index (χ1v) is 9.81. The van der Waals surface area contributed by atoms with Crippen molar-refractivity contribution in [2.75, 3.05) is 24.3 Å². The molecular formula is C19H18BrN7O. The lowest BCUT2D eigenvalue weighted by Crippen LogP contribution is -2.30. The molecule has 0 bridgehead atoms. The molecule has 1 aliphatic rings. The third-order valence-corrected chi connectivity index (χ3v) is 5.76. The van der Waals surface area contributed by atoms with E-state index in [1.165, 1.54) is 5.56 Å². The van der Waals surface area contributed by atoms with Crippen LogP contribution in [0.2, 0.25) is 0 Å². The zero-order chi connectivity index (χ0) is 19.3. The number of nitrogens with two attached hydrogens (primary N) is 1. The molecule has 3 aromatic heterocycles. The molecule has 8 nitrogen and oxygen atoms in total. The lowest BCUT2D eigenvalue weighted by molar-refractivity contribution is 0.419. The molecule has 0 atom stereocenters. The number of para-hydroxylation sites is 1. The number of hydrogen-bond acceptors (Lipinski definition) is 7. The molecule has 4 aromatic rings. The molecule has 0 spiro atoms. The summed E-state index contributed by atoms with van der Waals surface area (Å²) in [6.07, 6.45) is 3.90. The Balaban J connectivity index is 1.59. The number of methoxy groups -OCH3 is 1. The molecule has 1 aliphatic heterocycles. The maximum Gasteiger partial charge on any atom is 0.223 e. The van der Waals surface area contributed by atoms with Gasteiger partial charge in [-0.25, -0.2) is 15.0 Å². The molecule has 4 heterocycles. The number of nitrogen functional groups attached to an aromatic ring is 1. The van der Waals surface area contributed by atoms with Gasteiger partial charge in [-0.3, -0.25) is 0 Å². The first kappa shape index (κ1) is 17.2. The van der Waals surface area contributed by atoms with Crippen molar-refractivity contribution in [1.82, 2.24) is 24.6 Å². The highest BCUT2D eigenvalue weighted by Crippen LogP contribution is 2.32. The summed E-state index contributed by atoms with van der Waals surface area (Å²) in [7, 11) is 1.62. The molecule has 0 saturated carbocycles. The fraction of sp³-hybridized carbons (Fsp3) is 0.263. The van der Waals surface area contributed by atoms with Crippen LogP contribution in [-0.4, -0.2) is 38.2 Å². The molecule has 0 aliphatic carbocycles. The highest BCUT2D eigenvalue weighted by atomic mass is 79.9. The van der Waals surface area contributed by atoms with Crippen molar-refractivity contribution in [3.63, 3.8) is 0 Å². The van der Waals surface area contributed by atoms with Crippen molar-refractivity contribution in [3.05, 3.63) is 46.3 Å². The van der Waals surface area contributed by atoms with Crippen LogP contribution >= 0.6 is 15.9 Å². The smallest absolute Gasteiger partial charge is 0.223 e. The van der Waals surface area contributed by atoms with Crippen LogP contribution in [0.1, 0.15) is 17.8 Å². The summed E-state index contributed by atoms with van der Waals surface area (Å²) in [6.45, 7) is 1.47. The van der Waals surface area contributed by atoms with E-state index in [0.29, 0.717) is 29.3 Å². The van der Waals surface area contributed by atoms with Crippen LogP contribution in [0.25, 0.3) is 16.6 Å². The second-order valence-electron chi connectivity index (χ2n) is 6.71. The first-order valence-electron chi connectivity index (χ1n) is 9.02. The minimum Gasteiger partial charge on any atom is -0.494 e. The van der Waals surface area contributed by atoms with Gasteiger partial charge in [0.05, 0.1) is 13.7 Å². The Hall–Kier alpha value is -2.94. The lowest BCUT2D eigenvalue weighted by atomic mass is 10.1. The van der Waals surface area contributed by atoms with Gasteiger partial charge in [0, 0.05) is 28.2 Å².